The second-order valence-corrected chi connectivity index (χ2v) is 7.05. The first-order valence-electron chi connectivity index (χ1n) is 9.64. The summed E-state index contributed by atoms with van der Waals surface area (Å²) in [5, 5.41) is 8.92. The van der Waals surface area contributed by atoms with Crippen LogP contribution in [0, 0.1) is 0 Å². The van der Waals surface area contributed by atoms with Crippen molar-refractivity contribution in [3.63, 3.8) is 0 Å². The van der Waals surface area contributed by atoms with Crippen molar-refractivity contribution >= 4 is 12.0 Å². The smallest absolute Gasteiger partial charge is 0.478 e. The van der Waals surface area contributed by atoms with Gasteiger partial charge in [0.15, 0.2) is 0 Å². The minimum atomic E-state index is -5.00. The monoisotopic (exact) mass is 477 g/mol. The molecule has 3 rings (SSSR count). The summed E-state index contributed by atoms with van der Waals surface area (Å²) in [5.74, 6) is -2.88. The van der Waals surface area contributed by atoms with Gasteiger partial charge in [-0.2, -0.15) is 13.2 Å². The lowest BCUT2D eigenvalue weighted by Crippen LogP contribution is -2.40. The molecule has 0 aromatic heterocycles. The van der Waals surface area contributed by atoms with Crippen LogP contribution < -0.4 is 15.2 Å². The number of carbonyl (C=O) groups is 1. The minimum Gasteiger partial charge on any atom is -0.478 e. The number of ether oxygens (including phenoxy) is 2. The van der Waals surface area contributed by atoms with Crippen molar-refractivity contribution in [1.29, 1.82) is 0 Å². The van der Waals surface area contributed by atoms with E-state index in [1.807, 2.05) is 37.3 Å². The zero-order valence-electron chi connectivity index (χ0n) is 17.5. The fraction of sp³-hybridized carbons (Fsp3) is 0.318. The first-order valence-corrected chi connectivity index (χ1v) is 9.64. The summed E-state index contributed by atoms with van der Waals surface area (Å²) in [6, 6.07) is 11.9. The highest BCUT2D eigenvalue weighted by Gasteiger charge is 2.49. The Morgan fingerprint density at radius 2 is 1.76 bits per heavy atom. The van der Waals surface area contributed by atoms with E-state index in [-0.39, 0.29) is 29.3 Å². The van der Waals surface area contributed by atoms with Crippen LogP contribution in [-0.2, 0) is 11.2 Å². The SMILES string of the molecule is CCc1cc(OC(F)(F)F)cc2c1O[C@H](C(F)(F)F)C(C(=O)O)=C2.C[C@@H](N)c1ccccc1. The standard InChI is InChI=1S/C14H10F6O4.C8H11N/c1-2-6-3-8(24-14(18,19)20)4-7-5-9(12(21)22)11(13(15,16)17)23-10(6)7;1-7(9)8-5-3-2-4-6-8/h3-5,11H,2H2,1H3,(H,21,22);2-7H,9H2,1H3/t11-;7-/m01/s1. The first kappa shape index (κ1) is 26.0. The van der Waals surface area contributed by atoms with Gasteiger partial charge in [0.25, 0.3) is 0 Å². The normalized spacial score (nSPS) is 16.4. The number of rotatable bonds is 4. The van der Waals surface area contributed by atoms with E-state index in [0.29, 0.717) is 6.08 Å². The number of alkyl halides is 6. The molecule has 0 bridgehead atoms. The van der Waals surface area contributed by atoms with Gasteiger partial charge in [0.05, 0.1) is 5.57 Å². The number of nitrogens with two attached hydrogens (primary N) is 1. The molecule has 2 aromatic carbocycles. The maximum Gasteiger partial charge on any atom is 0.573 e. The van der Waals surface area contributed by atoms with Crippen LogP contribution in [-0.4, -0.2) is 29.7 Å². The van der Waals surface area contributed by atoms with Crippen molar-refractivity contribution in [3.05, 3.63) is 64.7 Å². The van der Waals surface area contributed by atoms with Crippen LogP contribution in [0.2, 0.25) is 0 Å². The van der Waals surface area contributed by atoms with E-state index in [1.165, 1.54) is 12.5 Å². The molecule has 1 heterocycles. The third-order valence-corrected chi connectivity index (χ3v) is 4.48. The van der Waals surface area contributed by atoms with Gasteiger partial charge in [-0.15, -0.1) is 13.2 Å². The summed E-state index contributed by atoms with van der Waals surface area (Å²) in [6.07, 6.45) is -12.0. The Bertz CT molecular complexity index is 1000. The number of benzene rings is 2. The van der Waals surface area contributed by atoms with Gasteiger partial charge in [0.1, 0.15) is 11.5 Å². The van der Waals surface area contributed by atoms with Crippen LogP contribution in [0.15, 0.2) is 48.0 Å². The Balaban J connectivity index is 0.000000357. The van der Waals surface area contributed by atoms with Gasteiger partial charge < -0.3 is 20.3 Å². The highest BCUT2D eigenvalue weighted by Crippen LogP contribution is 2.41. The predicted octanol–water partition coefficient (Wildman–Crippen LogP) is 5.65. The van der Waals surface area contributed by atoms with Gasteiger partial charge >= 0.3 is 18.5 Å². The quantitative estimate of drug-likeness (QED) is 0.557. The van der Waals surface area contributed by atoms with Crippen molar-refractivity contribution < 1.29 is 45.7 Å². The maximum atomic E-state index is 13.0. The molecule has 2 atom stereocenters. The zero-order valence-corrected chi connectivity index (χ0v) is 17.5. The average Bonchev–Trinajstić information content (AvgIpc) is 2.71. The van der Waals surface area contributed by atoms with Crippen molar-refractivity contribution in [2.75, 3.05) is 0 Å². The second kappa shape index (κ2) is 10.2. The number of carboxylic acid groups (broad SMARTS) is 1. The van der Waals surface area contributed by atoms with Crippen molar-refractivity contribution in [3.8, 4) is 11.5 Å². The average molecular weight is 477 g/mol. The highest BCUT2D eigenvalue weighted by molar-refractivity contribution is 5.95. The van der Waals surface area contributed by atoms with E-state index in [1.54, 1.807) is 0 Å². The molecule has 0 radical (unpaired) electrons. The van der Waals surface area contributed by atoms with Crippen LogP contribution >= 0.6 is 0 Å². The second-order valence-electron chi connectivity index (χ2n) is 7.05. The van der Waals surface area contributed by atoms with Crippen LogP contribution in [0.4, 0.5) is 26.3 Å². The lowest BCUT2D eigenvalue weighted by atomic mass is 9.97. The molecule has 180 valence electrons. The lowest BCUT2D eigenvalue weighted by molar-refractivity contribution is -0.274. The summed E-state index contributed by atoms with van der Waals surface area (Å²) in [6.45, 7) is 3.48. The molecular weight excluding hydrogens is 456 g/mol. The molecule has 1 aliphatic heterocycles. The summed E-state index contributed by atoms with van der Waals surface area (Å²) in [7, 11) is 0. The number of halogens is 6. The summed E-state index contributed by atoms with van der Waals surface area (Å²) in [4.78, 5) is 11.0. The van der Waals surface area contributed by atoms with Gasteiger partial charge in [-0.1, -0.05) is 37.3 Å². The van der Waals surface area contributed by atoms with Crippen LogP contribution in [0.5, 0.6) is 11.5 Å². The Morgan fingerprint density at radius 3 is 2.18 bits per heavy atom. The number of hydrogen-bond acceptors (Lipinski definition) is 4. The number of fused-ring (bicyclic) bond motifs is 1. The summed E-state index contributed by atoms with van der Waals surface area (Å²) in [5.41, 5.74) is 5.48. The number of aliphatic carboxylic acids is 1. The Morgan fingerprint density at radius 1 is 1.15 bits per heavy atom. The molecule has 0 unspecified atom stereocenters. The van der Waals surface area contributed by atoms with Gasteiger partial charge in [0, 0.05) is 11.6 Å². The zero-order chi connectivity index (χ0) is 25.0. The van der Waals surface area contributed by atoms with E-state index in [9.17, 15) is 31.1 Å². The fourth-order valence-electron chi connectivity index (χ4n) is 2.99. The maximum absolute atomic E-state index is 13.0. The molecule has 0 saturated carbocycles. The number of aryl methyl sites for hydroxylation is 1. The van der Waals surface area contributed by atoms with Gasteiger partial charge in [-0.05, 0) is 42.7 Å². The molecule has 0 amide bonds. The van der Waals surface area contributed by atoms with Crippen molar-refractivity contribution in [2.24, 2.45) is 5.73 Å². The van der Waals surface area contributed by atoms with Crippen molar-refractivity contribution in [1.82, 2.24) is 0 Å². The van der Waals surface area contributed by atoms with E-state index in [0.717, 1.165) is 12.1 Å². The molecule has 0 spiro atoms. The van der Waals surface area contributed by atoms with E-state index in [2.05, 4.69) is 4.74 Å². The van der Waals surface area contributed by atoms with Crippen LogP contribution in [0.1, 0.15) is 36.6 Å². The molecule has 1 aliphatic rings. The number of carboxylic acids is 1. The number of hydrogen-bond donors (Lipinski definition) is 2. The third-order valence-electron chi connectivity index (χ3n) is 4.48. The molecular formula is C22H21F6NO4. The van der Waals surface area contributed by atoms with Crippen LogP contribution in [0.25, 0.3) is 6.08 Å². The van der Waals surface area contributed by atoms with Crippen molar-refractivity contribution in [2.45, 2.75) is 45.0 Å². The van der Waals surface area contributed by atoms with Gasteiger partial charge in [0.2, 0.25) is 6.10 Å². The Kier molecular flexibility index (Phi) is 8.02. The molecule has 0 fully saturated rings. The highest BCUT2D eigenvalue weighted by atomic mass is 19.4. The lowest BCUT2D eigenvalue weighted by Gasteiger charge is -2.28. The molecule has 0 saturated heterocycles. The fourth-order valence-corrected chi connectivity index (χ4v) is 2.99. The Labute approximate surface area is 185 Å². The molecule has 2 aromatic rings. The summed E-state index contributed by atoms with van der Waals surface area (Å²) < 4.78 is 84.4. The predicted molar refractivity (Wildman–Crippen MR) is 108 cm³/mol. The van der Waals surface area contributed by atoms with E-state index >= 15 is 0 Å². The minimum absolute atomic E-state index is 0.0293. The molecule has 3 N–H and O–H groups in total. The Hall–Kier alpha value is -3.21. The molecule has 0 aliphatic carbocycles. The summed E-state index contributed by atoms with van der Waals surface area (Å²) >= 11 is 0. The van der Waals surface area contributed by atoms with E-state index in [4.69, 9.17) is 15.6 Å². The van der Waals surface area contributed by atoms with Crippen LogP contribution in [0.3, 0.4) is 0 Å². The van der Waals surface area contributed by atoms with Gasteiger partial charge in [-0.25, -0.2) is 4.79 Å². The largest absolute Gasteiger partial charge is 0.573 e. The molecule has 11 heteroatoms. The molecule has 33 heavy (non-hydrogen) atoms. The molecule has 5 nitrogen and oxygen atoms in total. The third kappa shape index (κ3) is 7.14. The van der Waals surface area contributed by atoms with E-state index < -0.39 is 35.9 Å². The van der Waals surface area contributed by atoms with Gasteiger partial charge in [-0.3, -0.25) is 0 Å². The topological polar surface area (TPSA) is 81.8 Å². The first-order chi connectivity index (χ1) is 15.2.